The molecule has 0 unspecified atom stereocenters. The summed E-state index contributed by atoms with van der Waals surface area (Å²) in [6, 6.07) is 10.5. The van der Waals surface area contributed by atoms with Gasteiger partial charge < -0.3 is 19.5 Å². The molecule has 2 aromatic rings. The van der Waals surface area contributed by atoms with Gasteiger partial charge in [0.2, 0.25) is 5.91 Å². The number of nitrogens with zero attached hydrogens (tertiary/aromatic N) is 1. The number of carbonyl (C=O) groups excluding carboxylic acids is 4. The molecule has 1 fully saturated rings. The fourth-order valence-corrected chi connectivity index (χ4v) is 4.25. The summed E-state index contributed by atoms with van der Waals surface area (Å²) in [5.41, 5.74) is 3.17. The molecular weight excluding hydrogens is 484 g/mol. The lowest BCUT2D eigenvalue weighted by Gasteiger charge is -2.14. The Labute approximate surface area is 213 Å². The summed E-state index contributed by atoms with van der Waals surface area (Å²) in [6.45, 7) is 7.28. The minimum Gasteiger partial charge on any atom is -0.490 e. The van der Waals surface area contributed by atoms with Crippen molar-refractivity contribution in [1.82, 2.24) is 4.90 Å². The van der Waals surface area contributed by atoms with E-state index in [4.69, 9.17) is 14.2 Å². The van der Waals surface area contributed by atoms with Crippen molar-refractivity contribution in [3.8, 4) is 11.5 Å². The molecule has 3 rings (SSSR count). The van der Waals surface area contributed by atoms with E-state index in [1.807, 2.05) is 26.0 Å². The van der Waals surface area contributed by atoms with Gasteiger partial charge in [-0.25, -0.2) is 4.79 Å². The lowest BCUT2D eigenvalue weighted by Crippen LogP contribution is -2.36. The fraction of sp³-hybridized carbons (Fsp3) is 0.308. The third-order valence-electron chi connectivity index (χ3n) is 5.05. The van der Waals surface area contributed by atoms with Gasteiger partial charge in [0, 0.05) is 5.69 Å². The predicted octanol–water partition coefficient (Wildman–Crippen LogP) is 4.32. The van der Waals surface area contributed by atoms with Gasteiger partial charge in [-0.3, -0.25) is 19.3 Å². The van der Waals surface area contributed by atoms with Crippen LogP contribution in [-0.2, 0) is 19.1 Å². The van der Waals surface area contributed by atoms with Gasteiger partial charge in [-0.2, -0.15) is 0 Å². The highest BCUT2D eigenvalue weighted by atomic mass is 32.2. The van der Waals surface area contributed by atoms with Crippen molar-refractivity contribution in [3.05, 3.63) is 58.0 Å². The largest absolute Gasteiger partial charge is 0.490 e. The molecule has 0 aromatic heterocycles. The maximum atomic E-state index is 12.9. The second kappa shape index (κ2) is 12.3. The topological polar surface area (TPSA) is 111 Å². The fourth-order valence-electron chi connectivity index (χ4n) is 3.42. The molecule has 190 valence electrons. The van der Waals surface area contributed by atoms with Gasteiger partial charge in [0.15, 0.2) is 18.1 Å². The molecule has 0 aliphatic carbocycles. The van der Waals surface area contributed by atoms with E-state index >= 15 is 0 Å². The number of rotatable bonds is 10. The van der Waals surface area contributed by atoms with Crippen LogP contribution >= 0.6 is 11.8 Å². The summed E-state index contributed by atoms with van der Waals surface area (Å²) in [7, 11) is 0. The number of nitrogens with one attached hydrogen (secondary N) is 1. The van der Waals surface area contributed by atoms with Crippen molar-refractivity contribution in [1.29, 1.82) is 0 Å². The number of anilines is 1. The molecule has 1 N–H and O–H groups in total. The number of hydrogen-bond donors (Lipinski definition) is 1. The second-order valence-corrected chi connectivity index (χ2v) is 8.86. The van der Waals surface area contributed by atoms with Gasteiger partial charge in [-0.15, -0.1) is 0 Å². The SMILES string of the molecule is CCOC(=O)COc1ccc(/C=C2\SC(=O)N(CC(=O)Nc3ccc(C)cc3C)C2=O)cc1OCC. The Morgan fingerprint density at radius 1 is 1.00 bits per heavy atom. The molecule has 0 spiro atoms. The average molecular weight is 513 g/mol. The Kier molecular flexibility index (Phi) is 9.13. The van der Waals surface area contributed by atoms with E-state index in [1.54, 1.807) is 44.2 Å². The number of ether oxygens (including phenoxy) is 3. The number of aryl methyl sites for hydroxylation is 2. The van der Waals surface area contributed by atoms with Crippen molar-refractivity contribution >= 4 is 46.5 Å². The summed E-state index contributed by atoms with van der Waals surface area (Å²) >= 11 is 0.758. The van der Waals surface area contributed by atoms with Crippen LogP contribution in [0, 0.1) is 13.8 Å². The van der Waals surface area contributed by atoms with E-state index in [9.17, 15) is 19.2 Å². The van der Waals surface area contributed by atoms with E-state index in [0.29, 0.717) is 29.4 Å². The van der Waals surface area contributed by atoms with E-state index in [1.165, 1.54) is 0 Å². The highest BCUT2D eigenvalue weighted by molar-refractivity contribution is 8.18. The van der Waals surface area contributed by atoms with Crippen LogP contribution in [0.2, 0.25) is 0 Å². The van der Waals surface area contributed by atoms with Crippen LogP contribution in [0.3, 0.4) is 0 Å². The van der Waals surface area contributed by atoms with Crippen LogP contribution in [0.25, 0.3) is 6.08 Å². The first-order valence-corrected chi connectivity index (χ1v) is 12.2. The number of hydrogen-bond acceptors (Lipinski definition) is 8. The van der Waals surface area contributed by atoms with Crippen LogP contribution in [0.15, 0.2) is 41.3 Å². The lowest BCUT2D eigenvalue weighted by molar-refractivity contribution is -0.145. The molecule has 1 aliphatic rings. The normalized spacial score (nSPS) is 14.2. The quantitative estimate of drug-likeness (QED) is 0.370. The molecule has 1 saturated heterocycles. The molecule has 2 aromatic carbocycles. The third kappa shape index (κ3) is 6.88. The molecular formula is C26H28N2O7S. The van der Waals surface area contributed by atoms with E-state index in [2.05, 4.69) is 5.32 Å². The predicted molar refractivity (Wildman–Crippen MR) is 137 cm³/mol. The summed E-state index contributed by atoms with van der Waals surface area (Å²) in [5.74, 6) is -0.797. The lowest BCUT2D eigenvalue weighted by atomic mass is 10.1. The Hall–Kier alpha value is -3.79. The zero-order valence-corrected chi connectivity index (χ0v) is 21.4. The van der Waals surface area contributed by atoms with Gasteiger partial charge in [0.05, 0.1) is 18.1 Å². The first-order valence-electron chi connectivity index (χ1n) is 11.4. The van der Waals surface area contributed by atoms with Gasteiger partial charge in [-0.05, 0) is 74.9 Å². The molecule has 1 aliphatic heterocycles. The molecule has 36 heavy (non-hydrogen) atoms. The van der Waals surface area contributed by atoms with Crippen LogP contribution in [-0.4, -0.2) is 54.3 Å². The monoisotopic (exact) mass is 512 g/mol. The van der Waals surface area contributed by atoms with Gasteiger partial charge in [-0.1, -0.05) is 23.8 Å². The summed E-state index contributed by atoms with van der Waals surface area (Å²) in [6.07, 6.45) is 1.55. The number of thioether (sulfide) groups is 1. The number of amides is 3. The van der Waals surface area contributed by atoms with E-state index < -0.39 is 23.0 Å². The second-order valence-electron chi connectivity index (χ2n) is 7.87. The number of esters is 1. The molecule has 0 atom stereocenters. The third-order valence-corrected chi connectivity index (χ3v) is 5.95. The summed E-state index contributed by atoms with van der Waals surface area (Å²) < 4.78 is 16.0. The first-order chi connectivity index (χ1) is 17.2. The van der Waals surface area contributed by atoms with Crippen LogP contribution in [0.4, 0.5) is 10.5 Å². The zero-order valence-electron chi connectivity index (χ0n) is 20.6. The minimum absolute atomic E-state index is 0.182. The van der Waals surface area contributed by atoms with E-state index in [-0.39, 0.29) is 24.7 Å². The molecule has 1 heterocycles. The van der Waals surface area contributed by atoms with Gasteiger partial charge in [0.1, 0.15) is 6.54 Å². The van der Waals surface area contributed by atoms with Gasteiger partial charge in [0.25, 0.3) is 11.1 Å². The standard InChI is InChI=1S/C26H28N2O7S/c1-5-33-21-12-18(8-10-20(21)35-15-24(30)34-6-2)13-22-25(31)28(26(32)36-22)14-23(29)27-19-9-7-16(3)11-17(19)4/h7-13H,5-6,14-15H2,1-4H3,(H,27,29)/b22-13-. The summed E-state index contributed by atoms with van der Waals surface area (Å²) in [4.78, 5) is 50.5. The molecule has 0 saturated carbocycles. The maximum Gasteiger partial charge on any atom is 0.344 e. The van der Waals surface area contributed by atoms with Crippen LogP contribution in [0.1, 0.15) is 30.5 Å². The maximum absolute atomic E-state index is 12.9. The molecule has 3 amide bonds. The Morgan fingerprint density at radius 2 is 1.78 bits per heavy atom. The minimum atomic E-state index is -0.554. The van der Waals surface area contributed by atoms with Crippen LogP contribution < -0.4 is 14.8 Å². The van der Waals surface area contributed by atoms with Crippen molar-refractivity contribution in [2.24, 2.45) is 0 Å². The number of imide groups is 1. The van der Waals surface area contributed by atoms with E-state index in [0.717, 1.165) is 27.8 Å². The highest BCUT2D eigenvalue weighted by Gasteiger charge is 2.36. The number of benzene rings is 2. The van der Waals surface area contributed by atoms with Crippen LogP contribution in [0.5, 0.6) is 11.5 Å². The summed E-state index contributed by atoms with van der Waals surface area (Å²) in [5, 5.41) is 2.22. The van der Waals surface area contributed by atoms with Crippen molar-refractivity contribution in [3.63, 3.8) is 0 Å². The zero-order chi connectivity index (χ0) is 26.2. The molecule has 0 radical (unpaired) electrons. The Balaban J connectivity index is 1.70. The Morgan fingerprint density at radius 3 is 2.47 bits per heavy atom. The Bertz CT molecular complexity index is 1210. The highest BCUT2D eigenvalue weighted by Crippen LogP contribution is 2.34. The smallest absolute Gasteiger partial charge is 0.344 e. The molecule has 9 nitrogen and oxygen atoms in total. The van der Waals surface area contributed by atoms with Gasteiger partial charge >= 0.3 is 5.97 Å². The number of carbonyl (C=O) groups is 4. The molecule has 0 bridgehead atoms. The van der Waals surface area contributed by atoms with Crippen molar-refractivity contribution in [2.75, 3.05) is 31.7 Å². The van der Waals surface area contributed by atoms with Crippen molar-refractivity contribution < 1.29 is 33.4 Å². The first kappa shape index (κ1) is 26.8. The van der Waals surface area contributed by atoms with Crippen molar-refractivity contribution in [2.45, 2.75) is 27.7 Å². The molecule has 10 heteroatoms. The average Bonchev–Trinajstić information content (AvgIpc) is 3.08.